The van der Waals surface area contributed by atoms with Gasteiger partial charge in [-0.05, 0) is 30.2 Å². The van der Waals surface area contributed by atoms with E-state index >= 15 is 0 Å². The predicted molar refractivity (Wildman–Crippen MR) is 100 cm³/mol. The van der Waals surface area contributed by atoms with Gasteiger partial charge < -0.3 is 5.32 Å². The Morgan fingerprint density at radius 2 is 1.43 bits per heavy atom. The number of amides is 2. The van der Waals surface area contributed by atoms with Crippen molar-refractivity contribution in [3.8, 4) is 0 Å². The van der Waals surface area contributed by atoms with Gasteiger partial charge in [-0.15, -0.1) is 0 Å². The van der Waals surface area contributed by atoms with Crippen LogP contribution in [0.3, 0.4) is 0 Å². The lowest BCUT2D eigenvalue weighted by molar-refractivity contribution is -0.123. The molecule has 0 radical (unpaired) electrons. The van der Waals surface area contributed by atoms with Gasteiger partial charge in [-0.2, -0.15) is 0 Å². The molecule has 11 heteroatoms. The zero-order valence-corrected chi connectivity index (χ0v) is 16.5. The van der Waals surface area contributed by atoms with Gasteiger partial charge in [0.1, 0.15) is 11.7 Å². The van der Waals surface area contributed by atoms with Crippen molar-refractivity contribution in [1.29, 1.82) is 0 Å². The molecule has 3 N–H and O–H groups in total. The van der Waals surface area contributed by atoms with Crippen molar-refractivity contribution in [2.24, 2.45) is 5.92 Å². The molecule has 2 aromatic rings. The minimum Gasteiger partial charge on any atom is -0.340 e. The summed E-state index contributed by atoms with van der Waals surface area (Å²) in [6.45, 7) is 3.36. The highest BCUT2D eigenvalue weighted by molar-refractivity contribution is 6.30. The first-order chi connectivity index (χ1) is 14.1. The molecule has 2 aromatic carbocycles. The van der Waals surface area contributed by atoms with E-state index in [1.807, 2.05) is 5.43 Å². The van der Waals surface area contributed by atoms with Crippen molar-refractivity contribution in [3.63, 3.8) is 0 Å². The summed E-state index contributed by atoms with van der Waals surface area (Å²) in [5.41, 5.74) is 2.36. The molecule has 5 nitrogen and oxygen atoms in total. The van der Waals surface area contributed by atoms with Gasteiger partial charge in [0.2, 0.25) is 5.82 Å². The molecule has 0 aliphatic carbocycles. The molecule has 2 atom stereocenters. The van der Waals surface area contributed by atoms with Crippen molar-refractivity contribution < 1.29 is 31.5 Å². The molecule has 0 spiro atoms. The fraction of sp³-hybridized carbons (Fsp3) is 0.263. The van der Waals surface area contributed by atoms with Gasteiger partial charge in [0.05, 0.1) is 0 Å². The third kappa shape index (κ3) is 4.99. The molecule has 162 valence electrons. The zero-order valence-electron chi connectivity index (χ0n) is 15.8. The molecule has 0 aliphatic rings. The lowest BCUT2D eigenvalue weighted by Crippen LogP contribution is -2.51. The lowest BCUT2D eigenvalue weighted by Gasteiger charge is -2.24. The van der Waals surface area contributed by atoms with Crippen LogP contribution in [0.15, 0.2) is 24.3 Å². The molecule has 0 saturated carbocycles. The van der Waals surface area contributed by atoms with Crippen LogP contribution < -0.4 is 16.2 Å². The molecular formula is C19H17ClF5N3O2. The van der Waals surface area contributed by atoms with Gasteiger partial charge in [-0.1, -0.05) is 31.9 Å². The maximum absolute atomic E-state index is 13.7. The van der Waals surface area contributed by atoms with Crippen LogP contribution in [0, 0.1) is 35.0 Å². The number of rotatable bonds is 7. The molecule has 0 aliphatic heterocycles. The Morgan fingerprint density at radius 1 is 0.933 bits per heavy atom. The number of hydrazine groups is 1. The van der Waals surface area contributed by atoms with Gasteiger partial charge in [-0.3, -0.25) is 20.4 Å². The summed E-state index contributed by atoms with van der Waals surface area (Å²) in [5.74, 6) is -12.9. The highest BCUT2D eigenvalue weighted by Gasteiger charge is 2.29. The SMILES string of the molecule is CCC(C)C(NC(=O)c1ccc(Cl)cc1)C(=O)NNc1c(F)c(F)c(F)c(F)c1F. The second-order valence-electron chi connectivity index (χ2n) is 6.40. The standard InChI is InChI=1S/C19H17ClF5N3O2/c1-3-8(2)16(26-18(29)9-4-6-10(20)7-5-9)19(30)28-27-17-14(24)12(22)11(21)13(23)15(17)25/h4-8,16,27H,3H2,1-2H3,(H,26,29)(H,28,30). The Labute approximate surface area is 173 Å². The van der Waals surface area contributed by atoms with Gasteiger partial charge in [0.15, 0.2) is 23.3 Å². The summed E-state index contributed by atoms with van der Waals surface area (Å²) in [6.07, 6.45) is 0.432. The van der Waals surface area contributed by atoms with Crippen molar-refractivity contribution >= 4 is 29.1 Å². The molecule has 0 bridgehead atoms. The third-order valence-corrected chi connectivity index (χ3v) is 4.66. The number of nitrogens with one attached hydrogen (secondary N) is 3. The van der Waals surface area contributed by atoms with Crippen molar-refractivity contribution in [3.05, 3.63) is 63.9 Å². The fourth-order valence-corrected chi connectivity index (χ4v) is 2.57. The average molecular weight is 450 g/mol. The van der Waals surface area contributed by atoms with Crippen LogP contribution in [0.4, 0.5) is 27.6 Å². The first kappa shape index (κ1) is 23.4. The largest absolute Gasteiger partial charge is 0.340 e. The molecule has 30 heavy (non-hydrogen) atoms. The third-order valence-electron chi connectivity index (χ3n) is 4.41. The maximum Gasteiger partial charge on any atom is 0.261 e. The lowest BCUT2D eigenvalue weighted by atomic mass is 9.98. The van der Waals surface area contributed by atoms with Crippen LogP contribution in [-0.4, -0.2) is 17.9 Å². The first-order valence-electron chi connectivity index (χ1n) is 8.72. The van der Waals surface area contributed by atoms with Crippen LogP contribution in [0.1, 0.15) is 30.6 Å². The normalized spacial score (nSPS) is 12.8. The minimum absolute atomic E-state index is 0.202. The highest BCUT2D eigenvalue weighted by Crippen LogP contribution is 2.26. The van der Waals surface area contributed by atoms with Gasteiger partial charge in [-0.25, -0.2) is 22.0 Å². The second-order valence-corrected chi connectivity index (χ2v) is 6.84. The van der Waals surface area contributed by atoms with E-state index in [0.717, 1.165) is 0 Å². The van der Waals surface area contributed by atoms with Crippen LogP contribution in [0.5, 0.6) is 0 Å². The van der Waals surface area contributed by atoms with Crippen molar-refractivity contribution in [1.82, 2.24) is 10.7 Å². The summed E-state index contributed by atoms with van der Waals surface area (Å²) in [7, 11) is 0. The molecule has 2 rings (SSSR count). The Kier molecular flexibility index (Phi) is 7.60. The number of anilines is 1. The number of carbonyl (C=O) groups excluding carboxylic acids is 2. The molecule has 0 fully saturated rings. The van der Waals surface area contributed by atoms with Gasteiger partial charge in [0.25, 0.3) is 11.8 Å². The molecular weight excluding hydrogens is 433 g/mol. The van der Waals surface area contributed by atoms with Gasteiger partial charge >= 0.3 is 0 Å². The Morgan fingerprint density at radius 3 is 1.93 bits per heavy atom. The summed E-state index contributed by atoms with van der Waals surface area (Å²) in [6, 6.07) is 4.62. The summed E-state index contributed by atoms with van der Waals surface area (Å²) in [5, 5.41) is 2.87. The van der Waals surface area contributed by atoms with E-state index in [4.69, 9.17) is 11.6 Å². The van der Waals surface area contributed by atoms with Crippen LogP contribution in [0.25, 0.3) is 0 Å². The minimum atomic E-state index is -2.32. The van der Waals surface area contributed by atoms with E-state index in [2.05, 4.69) is 5.32 Å². The first-order valence-corrected chi connectivity index (χ1v) is 9.09. The Bertz CT molecular complexity index is 927. The van der Waals surface area contributed by atoms with Crippen molar-refractivity contribution in [2.45, 2.75) is 26.3 Å². The molecule has 0 heterocycles. The van der Waals surface area contributed by atoms with E-state index in [1.165, 1.54) is 24.3 Å². The number of hydrogen-bond donors (Lipinski definition) is 3. The van der Waals surface area contributed by atoms with Crippen molar-refractivity contribution in [2.75, 3.05) is 5.43 Å². The number of benzene rings is 2. The number of hydrogen-bond acceptors (Lipinski definition) is 3. The predicted octanol–water partition coefficient (Wildman–Crippen LogP) is 4.32. The smallest absolute Gasteiger partial charge is 0.261 e. The Balaban J connectivity index is 2.19. The summed E-state index contributed by atoms with van der Waals surface area (Å²) in [4.78, 5) is 24.9. The summed E-state index contributed by atoms with van der Waals surface area (Å²) < 4.78 is 67.1. The maximum atomic E-state index is 13.7. The molecule has 2 unspecified atom stereocenters. The quantitative estimate of drug-likeness (QED) is 0.255. The van der Waals surface area contributed by atoms with Gasteiger partial charge in [0, 0.05) is 10.6 Å². The summed E-state index contributed by atoms with van der Waals surface area (Å²) >= 11 is 5.76. The van der Waals surface area contributed by atoms with E-state index in [0.29, 0.717) is 11.4 Å². The van der Waals surface area contributed by atoms with E-state index < -0.39 is 58.5 Å². The Hall–Kier alpha value is -2.88. The fourth-order valence-electron chi connectivity index (χ4n) is 2.44. The number of halogens is 6. The monoisotopic (exact) mass is 449 g/mol. The second kappa shape index (κ2) is 9.75. The van der Waals surface area contributed by atoms with Crippen LogP contribution in [-0.2, 0) is 4.79 Å². The number of carbonyl (C=O) groups is 2. The highest BCUT2D eigenvalue weighted by atomic mass is 35.5. The van der Waals surface area contributed by atoms with Crippen LogP contribution in [0.2, 0.25) is 5.02 Å². The zero-order chi connectivity index (χ0) is 22.6. The molecule has 0 aromatic heterocycles. The van der Waals surface area contributed by atoms with E-state index in [1.54, 1.807) is 19.3 Å². The van der Waals surface area contributed by atoms with Crippen LogP contribution >= 0.6 is 11.6 Å². The molecule has 2 amide bonds. The van der Waals surface area contributed by atoms with E-state index in [9.17, 15) is 31.5 Å². The average Bonchev–Trinajstić information content (AvgIpc) is 2.74. The topological polar surface area (TPSA) is 70.2 Å². The molecule has 0 saturated heterocycles. The van der Waals surface area contributed by atoms with E-state index in [-0.39, 0.29) is 5.56 Å².